The molecule has 0 aliphatic rings. The molecule has 0 spiro atoms. The predicted octanol–water partition coefficient (Wildman–Crippen LogP) is 3.95. The Bertz CT molecular complexity index is 1130. The number of benzene rings is 2. The molecule has 2 aromatic heterocycles. The van der Waals surface area contributed by atoms with Crippen molar-refractivity contribution in [3.05, 3.63) is 70.9 Å². The van der Waals surface area contributed by atoms with Gasteiger partial charge >= 0.3 is 0 Å². The molecule has 0 saturated heterocycles. The van der Waals surface area contributed by atoms with Crippen LogP contribution < -0.4 is 5.73 Å². The number of carbonyl (C=O) groups excluding carboxylic acids is 2. The highest BCUT2D eigenvalue weighted by Gasteiger charge is 2.21. The first kappa shape index (κ1) is 16.2. The van der Waals surface area contributed by atoms with Gasteiger partial charge in [-0.3, -0.25) is 14.0 Å². The maximum Gasteiger partial charge on any atom is 0.260 e. The van der Waals surface area contributed by atoms with Crippen LogP contribution in [0.5, 0.6) is 0 Å². The van der Waals surface area contributed by atoms with Crippen LogP contribution in [0.15, 0.2) is 54.6 Å². The predicted molar refractivity (Wildman–Crippen MR) is 103 cm³/mol. The molecule has 4 rings (SSSR count). The number of carbonyl (C=O) groups is 2. The van der Waals surface area contributed by atoms with Crippen molar-refractivity contribution in [1.82, 2.24) is 9.38 Å². The Morgan fingerprint density at radius 1 is 1.04 bits per heavy atom. The van der Waals surface area contributed by atoms with E-state index in [9.17, 15) is 9.59 Å². The fourth-order valence-corrected chi connectivity index (χ4v) is 4.06. The van der Waals surface area contributed by atoms with E-state index < -0.39 is 5.91 Å². The fraction of sp³-hybridized carbons (Fsp3) is 0.0500. The molecule has 0 aliphatic carbocycles. The number of imidazole rings is 1. The number of aryl methyl sites for hydroxylation is 1. The Morgan fingerprint density at radius 3 is 2.27 bits per heavy atom. The number of fused-ring (bicyclic) bond motifs is 1. The highest BCUT2D eigenvalue weighted by Crippen LogP contribution is 2.31. The summed E-state index contributed by atoms with van der Waals surface area (Å²) < 4.78 is 1.69. The summed E-state index contributed by atoms with van der Waals surface area (Å²) in [4.78, 5) is 28.8. The molecule has 4 aromatic rings. The van der Waals surface area contributed by atoms with Crippen molar-refractivity contribution < 1.29 is 9.59 Å². The number of rotatable bonds is 4. The van der Waals surface area contributed by atoms with E-state index in [0.717, 1.165) is 23.0 Å². The molecule has 26 heavy (non-hydrogen) atoms. The number of hydrogen-bond acceptors (Lipinski definition) is 4. The normalized spacial score (nSPS) is 11.0. The van der Waals surface area contributed by atoms with Gasteiger partial charge in [0.2, 0.25) is 0 Å². The Morgan fingerprint density at radius 2 is 1.65 bits per heavy atom. The largest absolute Gasteiger partial charge is 0.365 e. The number of nitrogens with zero attached hydrogens (tertiary/aromatic N) is 2. The number of primary amides is 1. The first-order valence-electron chi connectivity index (χ1n) is 8.03. The van der Waals surface area contributed by atoms with Crippen LogP contribution in [0, 0.1) is 6.92 Å². The van der Waals surface area contributed by atoms with Crippen LogP contribution in [0.3, 0.4) is 0 Å². The van der Waals surface area contributed by atoms with Crippen LogP contribution in [-0.4, -0.2) is 21.6 Å². The molecule has 0 radical (unpaired) electrons. The first-order chi connectivity index (χ1) is 12.6. The first-order valence-corrected chi connectivity index (χ1v) is 8.84. The summed E-state index contributed by atoms with van der Waals surface area (Å²) in [5.74, 6) is -0.511. The van der Waals surface area contributed by atoms with Crippen molar-refractivity contribution in [2.75, 3.05) is 0 Å². The smallest absolute Gasteiger partial charge is 0.260 e. The van der Waals surface area contributed by atoms with E-state index in [0.29, 0.717) is 26.9 Å². The second kappa shape index (κ2) is 6.24. The van der Waals surface area contributed by atoms with Gasteiger partial charge < -0.3 is 5.73 Å². The average Bonchev–Trinajstić information content (AvgIpc) is 3.19. The summed E-state index contributed by atoms with van der Waals surface area (Å²) in [7, 11) is 0. The molecule has 6 heteroatoms. The molecule has 1 amide bonds. The third-order valence-electron chi connectivity index (χ3n) is 4.34. The molecule has 128 valence electrons. The van der Waals surface area contributed by atoms with Crippen molar-refractivity contribution in [2.24, 2.45) is 5.73 Å². The number of hydrogen-bond donors (Lipinski definition) is 1. The van der Waals surface area contributed by atoms with Gasteiger partial charge in [-0.05, 0) is 18.1 Å². The van der Waals surface area contributed by atoms with E-state index in [2.05, 4.69) is 4.98 Å². The van der Waals surface area contributed by atoms with Crippen molar-refractivity contribution in [1.29, 1.82) is 0 Å². The zero-order valence-corrected chi connectivity index (χ0v) is 14.8. The lowest BCUT2D eigenvalue weighted by atomic mass is 10.0. The molecule has 2 heterocycles. The average molecular weight is 361 g/mol. The highest BCUT2D eigenvalue weighted by atomic mass is 32.1. The number of aldehydes is 1. The van der Waals surface area contributed by atoms with Crippen molar-refractivity contribution in [2.45, 2.75) is 6.92 Å². The van der Waals surface area contributed by atoms with Gasteiger partial charge in [0.1, 0.15) is 16.3 Å². The van der Waals surface area contributed by atoms with E-state index in [1.807, 2.05) is 54.6 Å². The van der Waals surface area contributed by atoms with Gasteiger partial charge in [0, 0.05) is 11.3 Å². The summed E-state index contributed by atoms with van der Waals surface area (Å²) in [5, 5.41) is 0. The van der Waals surface area contributed by atoms with Crippen LogP contribution in [0.1, 0.15) is 25.9 Å². The monoisotopic (exact) mass is 361 g/mol. The number of aromatic nitrogens is 2. The SMILES string of the molecule is Cc1c(C(N)=O)sc2nc(-c3ccc(-c4ccccc4)cc3)c(C=O)n12. The van der Waals surface area contributed by atoms with Crippen LogP contribution >= 0.6 is 11.3 Å². The second-order valence-electron chi connectivity index (χ2n) is 5.91. The zero-order chi connectivity index (χ0) is 18.3. The summed E-state index contributed by atoms with van der Waals surface area (Å²) in [6, 6.07) is 18.0. The molecule has 5 nitrogen and oxygen atoms in total. The topological polar surface area (TPSA) is 77.5 Å². The van der Waals surface area contributed by atoms with Crippen LogP contribution in [0.4, 0.5) is 0 Å². The summed E-state index contributed by atoms with van der Waals surface area (Å²) in [6.45, 7) is 1.76. The minimum atomic E-state index is -0.511. The Balaban J connectivity index is 1.82. The summed E-state index contributed by atoms with van der Waals surface area (Å²) in [6.07, 6.45) is 0.769. The number of amides is 1. The quantitative estimate of drug-likeness (QED) is 0.559. The molecule has 0 bridgehead atoms. The van der Waals surface area contributed by atoms with Crippen molar-refractivity contribution >= 4 is 28.5 Å². The Kier molecular flexibility index (Phi) is 3.89. The molecule has 2 aromatic carbocycles. The lowest BCUT2D eigenvalue weighted by molar-refractivity contribution is 0.100. The van der Waals surface area contributed by atoms with E-state index in [4.69, 9.17) is 5.73 Å². The van der Waals surface area contributed by atoms with Gasteiger partial charge in [0.25, 0.3) is 5.91 Å². The molecule has 0 atom stereocenters. The maximum atomic E-state index is 11.7. The van der Waals surface area contributed by atoms with Gasteiger partial charge in [0.05, 0.1) is 0 Å². The summed E-state index contributed by atoms with van der Waals surface area (Å²) in [5.41, 5.74) is 10.1. The molecule has 0 unspecified atom stereocenters. The fourth-order valence-electron chi connectivity index (χ4n) is 3.07. The maximum absolute atomic E-state index is 11.7. The molecule has 0 fully saturated rings. The van der Waals surface area contributed by atoms with E-state index >= 15 is 0 Å². The lowest BCUT2D eigenvalue weighted by Gasteiger charge is -2.04. The summed E-state index contributed by atoms with van der Waals surface area (Å²) >= 11 is 1.20. The lowest BCUT2D eigenvalue weighted by Crippen LogP contribution is -2.11. The Hall–Kier alpha value is -3.25. The molecule has 0 aliphatic heterocycles. The Labute approximate surface area is 153 Å². The molecular weight excluding hydrogens is 346 g/mol. The van der Waals surface area contributed by atoms with Gasteiger partial charge in [0.15, 0.2) is 11.2 Å². The van der Waals surface area contributed by atoms with Crippen LogP contribution in [0.2, 0.25) is 0 Å². The standard InChI is InChI=1S/C20H15N3O2S/c1-12-18(19(21)25)26-20-22-17(16(11-24)23(12)20)15-9-7-14(8-10-15)13-5-3-2-4-6-13/h2-11H,1H3,(H2,21,25). The number of nitrogens with two attached hydrogens (primary N) is 1. The zero-order valence-electron chi connectivity index (χ0n) is 14.0. The van der Waals surface area contributed by atoms with Crippen LogP contribution in [-0.2, 0) is 0 Å². The van der Waals surface area contributed by atoms with Crippen molar-refractivity contribution in [3.63, 3.8) is 0 Å². The van der Waals surface area contributed by atoms with Gasteiger partial charge in [-0.1, -0.05) is 65.9 Å². The van der Waals surface area contributed by atoms with Gasteiger partial charge in [-0.25, -0.2) is 4.98 Å². The molecule has 2 N–H and O–H groups in total. The van der Waals surface area contributed by atoms with Crippen LogP contribution in [0.25, 0.3) is 27.3 Å². The van der Waals surface area contributed by atoms with Gasteiger partial charge in [-0.2, -0.15) is 0 Å². The van der Waals surface area contributed by atoms with Crippen molar-refractivity contribution in [3.8, 4) is 22.4 Å². The minimum absolute atomic E-state index is 0.418. The highest BCUT2D eigenvalue weighted by molar-refractivity contribution is 7.19. The number of thiazole rings is 1. The van der Waals surface area contributed by atoms with Gasteiger partial charge in [-0.15, -0.1) is 0 Å². The second-order valence-corrected chi connectivity index (χ2v) is 6.88. The third kappa shape index (κ3) is 2.51. The van der Waals surface area contributed by atoms with E-state index in [-0.39, 0.29) is 0 Å². The van der Waals surface area contributed by atoms with E-state index in [1.165, 1.54) is 11.3 Å². The molecular formula is C20H15N3O2S. The third-order valence-corrected chi connectivity index (χ3v) is 5.50. The van der Waals surface area contributed by atoms with E-state index in [1.54, 1.807) is 11.3 Å². The molecule has 0 saturated carbocycles. The minimum Gasteiger partial charge on any atom is -0.365 e.